The Hall–Kier alpha value is -1.88. The van der Waals surface area contributed by atoms with Crippen LogP contribution in [0.2, 0.25) is 5.02 Å². The zero-order valence-corrected chi connectivity index (χ0v) is 8.66. The molecular weight excluding hydrogens is 235 g/mol. The Kier molecular flexibility index (Phi) is 2.87. The molecular formula is C10H6ClFN2O2. The molecule has 0 radical (unpaired) electrons. The lowest BCUT2D eigenvalue weighted by Gasteiger charge is -2.05. The molecule has 0 spiro atoms. The van der Waals surface area contributed by atoms with Gasteiger partial charge in [0.2, 0.25) is 5.88 Å². The number of rotatable bonds is 2. The zero-order valence-electron chi connectivity index (χ0n) is 7.91. The summed E-state index contributed by atoms with van der Waals surface area (Å²) in [4.78, 5) is 17.1. The molecule has 0 saturated carbocycles. The van der Waals surface area contributed by atoms with E-state index in [2.05, 4.69) is 9.97 Å². The molecule has 0 aliphatic carbocycles. The Bertz CT molecular complexity index is 571. The molecule has 0 atom stereocenters. The highest BCUT2D eigenvalue weighted by atomic mass is 35.5. The van der Waals surface area contributed by atoms with Crippen molar-refractivity contribution in [2.24, 2.45) is 0 Å². The third kappa shape index (κ3) is 2.04. The summed E-state index contributed by atoms with van der Waals surface area (Å²) >= 11 is 5.64. The van der Waals surface area contributed by atoms with Gasteiger partial charge in [-0.25, -0.2) is 9.37 Å². The van der Waals surface area contributed by atoms with Crippen LogP contribution in [0.4, 0.5) is 4.39 Å². The van der Waals surface area contributed by atoms with Gasteiger partial charge in [-0.15, -0.1) is 0 Å². The molecule has 2 rings (SSSR count). The van der Waals surface area contributed by atoms with Crippen LogP contribution in [0.15, 0.2) is 35.4 Å². The minimum atomic E-state index is -0.555. The molecule has 1 aromatic heterocycles. The fourth-order valence-corrected chi connectivity index (χ4v) is 1.21. The number of aromatic nitrogens is 2. The topological polar surface area (TPSA) is 55.0 Å². The van der Waals surface area contributed by atoms with Crippen LogP contribution in [-0.2, 0) is 0 Å². The van der Waals surface area contributed by atoms with E-state index in [1.165, 1.54) is 18.2 Å². The number of aromatic amines is 1. The molecule has 6 heteroatoms. The second-order valence-electron chi connectivity index (χ2n) is 2.88. The summed E-state index contributed by atoms with van der Waals surface area (Å²) in [5.41, 5.74) is -0.539. The van der Waals surface area contributed by atoms with E-state index < -0.39 is 11.4 Å². The van der Waals surface area contributed by atoms with Crippen molar-refractivity contribution < 1.29 is 9.13 Å². The van der Waals surface area contributed by atoms with Crippen molar-refractivity contribution in [2.45, 2.75) is 0 Å². The van der Waals surface area contributed by atoms with Gasteiger partial charge in [0, 0.05) is 0 Å². The SMILES string of the molecule is O=c1[nH]cnc(Oc2ccccc2F)c1Cl. The second-order valence-corrected chi connectivity index (χ2v) is 3.26. The number of nitrogens with one attached hydrogen (secondary N) is 1. The van der Waals surface area contributed by atoms with E-state index in [-0.39, 0.29) is 16.7 Å². The van der Waals surface area contributed by atoms with Crippen LogP contribution in [0.25, 0.3) is 0 Å². The highest BCUT2D eigenvalue weighted by Gasteiger charge is 2.10. The number of nitrogens with zero attached hydrogens (tertiary/aromatic N) is 1. The van der Waals surface area contributed by atoms with Crippen LogP contribution in [0.3, 0.4) is 0 Å². The molecule has 0 saturated heterocycles. The quantitative estimate of drug-likeness (QED) is 0.877. The Morgan fingerprint density at radius 1 is 1.38 bits per heavy atom. The molecule has 0 amide bonds. The predicted octanol–water partition coefficient (Wildman–Crippen LogP) is 2.35. The number of benzene rings is 1. The molecule has 1 heterocycles. The van der Waals surface area contributed by atoms with E-state index in [1.807, 2.05) is 0 Å². The van der Waals surface area contributed by atoms with E-state index >= 15 is 0 Å². The summed E-state index contributed by atoms with van der Waals surface area (Å²) < 4.78 is 18.3. The van der Waals surface area contributed by atoms with Crippen LogP contribution in [0.1, 0.15) is 0 Å². The fourth-order valence-electron chi connectivity index (χ4n) is 1.07. The Balaban J connectivity index is 2.38. The van der Waals surface area contributed by atoms with Crippen molar-refractivity contribution in [1.82, 2.24) is 9.97 Å². The smallest absolute Gasteiger partial charge is 0.273 e. The first kappa shape index (κ1) is 10.6. The van der Waals surface area contributed by atoms with Crippen LogP contribution < -0.4 is 10.3 Å². The lowest BCUT2D eigenvalue weighted by atomic mass is 10.3. The van der Waals surface area contributed by atoms with E-state index in [1.54, 1.807) is 6.07 Å². The molecule has 0 aliphatic rings. The molecule has 82 valence electrons. The van der Waals surface area contributed by atoms with Gasteiger partial charge in [0.05, 0.1) is 6.33 Å². The van der Waals surface area contributed by atoms with Crippen LogP contribution in [0.5, 0.6) is 11.6 Å². The highest BCUT2D eigenvalue weighted by molar-refractivity contribution is 6.31. The average molecular weight is 241 g/mol. The Labute approximate surface area is 94.7 Å². The number of ether oxygens (including phenoxy) is 1. The Morgan fingerprint density at radius 3 is 2.88 bits per heavy atom. The van der Waals surface area contributed by atoms with Gasteiger partial charge >= 0.3 is 0 Å². The molecule has 0 fully saturated rings. The van der Waals surface area contributed by atoms with E-state index in [0.717, 1.165) is 6.33 Å². The zero-order chi connectivity index (χ0) is 11.5. The standard InChI is InChI=1S/C10H6ClFN2O2/c11-8-9(15)13-5-14-10(8)16-7-4-2-1-3-6(7)12/h1-5H,(H,13,14,15). The summed E-state index contributed by atoms with van der Waals surface area (Å²) in [6, 6.07) is 5.76. The van der Waals surface area contributed by atoms with Crippen molar-refractivity contribution in [2.75, 3.05) is 0 Å². The van der Waals surface area contributed by atoms with Gasteiger partial charge < -0.3 is 9.72 Å². The lowest BCUT2D eigenvalue weighted by Crippen LogP contribution is -2.08. The summed E-state index contributed by atoms with van der Waals surface area (Å²) in [5.74, 6) is -0.723. The number of halogens is 2. The van der Waals surface area contributed by atoms with Gasteiger partial charge in [0.1, 0.15) is 0 Å². The molecule has 4 nitrogen and oxygen atoms in total. The van der Waals surface area contributed by atoms with E-state index in [9.17, 15) is 9.18 Å². The van der Waals surface area contributed by atoms with Crippen LogP contribution in [0, 0.1) is 5.82 Å². The van der Waals surface area contributed by atoms with Crippen molar-refractivity contribution in [1.29, 1.82) is 0 Å². The minimum Gasteiger partial charge on any atom is -0.434 e. The number of hydrogen-bond donors (Lipinski definition) is 1. The van der Waals surface area contributed by atoms with Gasteiger partial charge in [-0.3, -0.25) is 4.79 Å². The first-order valence-corrected chi connectivity index (χ1v) is 4.72. The Morgan fingerprint density at radius 2 is 2.12 bits per heavy atom. The second kappa shape index (κ2) is 4.32. The van der Waals surface area contributed by atoms with Crippen LogP contribution in [-0.4, -0.2) is 9.97 Å². The normalized spacial score (nSPS) is 10.1. The van der Waals surface area contributed by atoms with Crippen molar-refractivity contribution >= 4 is 11.6 Å². The first-order chi connectivity index (χ1) is 7.68. The van der Waals surface area contributed by atoms with E-state index in [4.69, 9.17) is 16.3 Å². The summed E-state index contributed by atoms with van der Waals surface area (Å²) in [6.07, 6.45) is 1.13. The van der Waals surface area contributed by atoms with Gasteiger partial charge in [-0.2, -0.15) is 0 Å². The average Bonchev–Trinajstić information content (AvgIpc) is 2.28. The number of para-hydroxylation sites is 1. The predicted molar refractivity (Wildman–Crippen MR) is 56.3 cm³/mol. The third-order valence-electron chi connectivity index (χ3n) is 1.81. The van der Waals surface area contributed by atoms with Gasteiger partial charge in [-0.1, -0.05) is 23.7 Å². The van der Waals surface area contributed by atoms with E-state index in [0.29, 0.717) is 0 Å². The largest absolute Gasteiger partial charge is 0.434 e. The maximum absolute atomic E-state index is 13.2. The van der Waals surface area contributed by atoms with Gasteiger partial charge in [0.25, 0.3) is 5.56 Å². The molecule has 16 heavy (non-hydrogen) atoms. The van der Waals surface area contributed by atoms with Gasteiger partial charge in [0.15, 0.2) is 16.6 Å². The molecule has 0 unspecified atom stereocenters. The third-order valence-corrected chi connectivity index (χ3v) is 2.14. The summed E-state index contributed by atoms with van der Waals surface area (Å²) in [7, 11) is 0. The van der Waals surface area contributed by atoms with Crippen molar-refractivity contribution in [3.05, 3.63) is 51.8 Å². The molecule has 0 bridgehead atoms. The monoisotopic (exact) mass is 240 g/mol. The van der Waals surface area contributed by atoms with Crippen molar-refractivity contribution in [3.63, 3.8) is 0 Å². The summed E-state index contributed by atoms with van der Waals surface area (Å²) in [5, 5.41) is -0.217. The fraction of sp³-hybridized carbons (Fsp3) is 0. The molecule has 1 N–H and O–H groups in total. The van der Waals surface area contributed by atoms with Gasteiger partial charge in [-0.05, 0) is 12.1 Å². The summed E-state index contributed by atoms with van der Waals surface area (Å²) in [6.45, 7) is 0. The maximum Gasteiger partial charge on any atom is 0.273 e. The van der Waals surface area contributed by atoms with Crippen LogP contribution >= 0.6 is 11.6 Å². The molecule has 1 aromatic carbocycles. The lowest BCUT2D eigenvalue weighted by molar-refractivity contribution is 0.426. The minimum absolute atomic E-state index is 0.0394. The maximum atomic E-state index is 13.2. The first-order valence-electron chi connectivity index (χ1n) is 4.34. The highest BCUT2D eigenvalue weighted by Crippen LogP contribution is 2.25. The molecule has 0 aliphatic heterocycles. The van der Waals surface area contributed by atoms with Crippen molar-refractivity contribution in [3.8, 4) is 11.6 Å². The molecule has 2 aromatic rings. The number of H-pyrrole nitrogens is 1. The number of hydrogen-bond acceptors (Lipinski definition) is 3.